The quantitative estimate of drug-likeness (QED) is 0.312. The average Bonchev–Trinajstić information content (AvgIpc) is 3.47. The number of allylic oxidation sites excluding steroid dienone is 2. The van der Waals surface area contributed by atoms with Gasteiger partial charge in [-0.25, -0.2) is 20.0 Å². The highest BCUT2D eigenvalue weighted by atomic mass is 32.1. The second-order valence-corrected chi connectivity index (χ2v) is 9.54. The maximum Gasteiger partial charge on any atom is 0.135 e. The van der Waals surface area contributed by atoms with Crippen LogP contribution in [0.25, 0.3) is 25.9 Å². The maximum atomic E-state index is 4.88. The maximum absolute atomic E-state index is 4.88. The van der Waals surface area contributed by atoms with Crippen molar-refractivity contribution in [3.8, 4) is 0 Å². The van der Waals surface area contributed by atoms with Crippen LogP contribution in [-0.2, 0) is 0 Å². The highest BCUT2D eigenvalue weighted by Crippen LogP contribution is 2.32. The van der Waals surface area contributed by atoms with Crippen molar-refractivity contribution in [3.05, 3.63) is 88.1 Å². The lowest BCUT2D eigenvalue weighted by molar-refractivity contribution is 1.27. The van der Waals surface area contributed by atoms with Gasteiger partial charge in [-0.05, 0) is 59.7 Å². The van der Waals surface area contributed by atoms with Gasteiger partial charge in [0.15, 0.2) is 0 Å². The summed E-state index contributed by atoms with van der Waals surface area (Å²) in [6, 6.07) is 17.1. The fourth-order valence-electron chi connectivity index (χ4n) is 4.09. The highest BCUT2D eigenvalue weighted by molar-refractivity contribution is 7.17. The molecule has 0 amide bonds. The van der Waals surface area contributed by atoms with E-state index in [1.54, 1.807) is 29.0 Å². The zero-order chi connectivity index (χ0) is 21.5. The minimum Gasteiger partial charge on any atom is -0.233 e. The van der Waals surface area contributed by atoms with Gasteiger partial charge in [0, 0.05) is 37.7 Å². The molecule has 0 spiro atoms. The van der Waals surface area contributed by atoms with Crippen LogP contribution in [0.15, 0.2) is 97.0 Å². The summed E-state index contributed by atoms with van der Waals surface area (Å²) in [7, 11) is 0. The van der Waals surface area contributed by atoms with Crippen LogP contribution < -0.4 is 0 Å². The summed E-state index contributed by atoms with van der Waals surface area (Å²) in [4.78, 5) is 18.7. The summed E-state index contributed by atoms with van der Waals surface area (Å²) in [5.41, 5.74) is 5.20. The lowest BCUT2D eigenvalue weighted by Gasteiger charge is -2.15. The van der Waals surface area contributed by atoms with E-state index in [-0.39, 0.29) is 0 Å². The first-order chi connectivity index (χ1) is 15.7. The van der Waals surface area contributed by atoms with E-state index in [4.69, 9.17) is 9.98 Å². The minimum absolute atomic E-state index is 0.646. The number of hydrogen-bond acceptors (Lipinski definition) is 6. The molecule has 2 aliphatic heterocycles. The normalized spacial score (nSPS) is 22.2. The van der Waals surface area contributed by atoms with E-state index in [1.165, 1.54) is 20.2 Å². The Morgan fingerprint density at radius 3 is 2.28 bits per heavy atom. The van der Waals surface area contributed by atoms with Crippen LogP contribution in [-0.4, -0.2) is 23.7 Å². The van der Waals surface area contributed by atoms with Gasteiger partial charge in [0.2, 0.25) is 0 Å². The summed E-state index contributed by atoms with van der Waals surface area (Å²) in [6.45, 7) is 1.90. The summed E-state index contributed by atoms with van der Waals surface area (Å²) in [5.74, 6) is 1.42. The number of hydrogen-bond donors (Lipinski definition) is 0. The van der Waals surface area contributed by atoms with Gasteiger partial charge in [0.05, 0.1) is 11.4 Å². The summed E-state index contributed by atoms with van der Waals surface area (Å²) in [6.07, 6.45) is 6.54. The Hall–Kier alpha value is -3.48. The lowest BCUT2D eigenvalue weighted by atomic mass is 9.97. The molecule has 4 aromatic rings. The lowest BCUT2D eigenvalue weighted by Crippen LogP contribution is -2.12. The summed E-state index contributed by atoms with van der Waals surface area (Å²) < 4.78 is 2.51. The molecule has 0 N–H and O–H groups in total. The zero-order valence-electron chi connectivity index (χ0n) is 17.3. The van der Waals surface area contributed by atoms with Crippen molar-refractivity contribution >= 4 is 72.3 Å². The third kappa shape index (κ3) is 3.47. The standard InChI is InChI=1S/C26H18N4S2/c1-16-27-15-28-26-14-17(12-22(29-16)18-4-2-6-24-20(18)8-10-31-24)13-23(30-26)19-5-3-7-25-21(19)9-11-32-25/h2-13,15H,14H2,1H3/b17-12?,22-12-,27-15-,27-16?,28-15?,28-26-,29-16-,29-22?. The second-order valence-electron chi connectivity index (χ2n) is 7.65. The Labute approximate surface area is 193 Å². The number of rotatable bonds is 2. The molecule has 2 aromatic carbocycles. The predicted octanol–water partition coefficient (Wildman–Crippen LogP) is 7.14. The zero-order valence-corrected chi connectivity index (χ0v) is 19.0. The molecule has 2 aromatic heterocycles. The predicted molar refractivity (Wildman–Crippen MR) is 140 cm³/mol. The largest absolute Gasteiger partial charge is 0.233 e. The molecule has 0 saturated carbocycles. The molecule has 0 saturated heterocycles. The Bertz CT molecular complexity index is 1560. The second kappa shape index (κ2) is 7.89. The van der Waals surface area contributed by atoms with Crippen molar-refractivity contribution in [3.63, 3.8) is 0 Å². The molecule has 0 radical (unpaired) electrons. The monoisotopic (exact) mass is 450 g/mol. The fraction of sp³-hybridized carbons (Fsp3) is 0.0769. The molecule has 0 aliphatic carbocycles. The third-order valence-electron chi connectivity index (χ3n) is 5.53. The van der Waals surface area contributed by atoms with Crippen molar-refractivity contribution < 1.29 is 0 Å². The van der Waals surface area contributed by atoms with E-state index in [1.807, 2.05) is 6.92 Å². The first kappa shape index (κ1) is 19.2. The van der Waals surface area contributed by atoms with E-state index in [0.29, 0.717) is 12.3 Å². The van der Waals surface area contributed by atoms with Crippen LogP contribution in [0.5, 0.6) is 0 Å². The molecule has 2 aliphatic rings. The molecular weight excluding hydrogens is 432 g/mol. The molecule has 2 bridgehead atoms. The van der Waals surface area contributed by atoms with Crippen LogP contribution in [0.2, 0.25) is 0 Å². The van der Waals surface area contributed by atoms with Crippen LogP contribution in [0, 0.1) is 0 Å². The van der Waals surface area contributed by atoms with E-state index in [0.717, 1.165) is 33.9 Å². The van der Waals surface area contributed by atoms with Crippen molar-refractivity contribution in [2.75, 3.05) is 0 Å². The molecule has 0 atom stereocenters. The van der Waals surface area contributed by atoms with E-state index in [2.05, 4.69) is 81.4 Å². The number of thiophene rings is 2. The van der Waals surface area contributed by atoms with Crippen LogP contribution >= 0.6 is 22.7 Å². The number of aliphatic imine (C=N–C) groups is 4. The Morgan fingerprint density at radius 2 is 1.50 bits per heavy atom. The highest BCUT2D eigenvalue weighted by Gasteiger charge is 2.17. The number of dihydropyridines is 1. The number of nitrogens with zero attached hydrogens (tertiary/aromatic N) is 4. The fourth-order valence-corrected chi connectivity index (χ4v) is 5.71. The SMILES string of the molecule is CC1=N/C(c2cccc3sccc23)=C\C2=CC(c3cccc4sccc34)=N\C(=N/C=N\1)C2. The van der Waals surface area contributed by atoms with Crippen molar-refractivity contribution in [2.24, 2.45) is 20.0 Å². The van der Waals surface area contributed by atoms with E-state index < -0.39 is 0 Å². The first-order valence-electron chi connectivity index (χ1n) is 10.3. The van der Waals surface area contributed by atoms with E-state index in [9.17, 15) is 0 Å². The summed E-state index contributed by atoms with van der Waals surface area (Å²) >= 11 is 3.49. The number of fused-ring (bicyclic) bond motifs is 4. The van der Waals surface area contributed by atoms with Crippen molar-refractivity contribution in [1.29, 1.82) is 0 Å². The Morgan fingerprint density at radius 1 is 0.781 bits per heavy atom. The van der Waals surface area contributed by atoms with Gasteiger partial charge in [-0.15, -0.1) is 22.7 Å². The molecule has 0 fully saturated rings. The van der Waals surface area contributed by atoms with Gasteiger partial charge >= 0.3 is 0 Å². The van der Waals surface area contributed by atoms with Crippen molar-refractivity contribution in [1.82, 2.24) is 0 Å². The number of amidine groups is 2. The molecule has 0 unspecified atom stereocenters. The molecule has 6 heteroatoms. The minimum atomic E-state index is 0.646. The molecule has 32 heavy (non-hydrogen) atoms. The van der Waals surface area contributed by atoms with Gasteiger partial charge in [0.1, 0.15) is 18.0 Å². The summed E-state index contributed by atoms with van der Waals surface area (Å²) in [5, 5.41) is 6.68. The number of benzene rings is 2. The van der Waals surface area contributed by atoms with E-state index >= 15 is 0 Å². The first-order valence-corrected chi connectivity index (χ1v) is 12.1. The molecular formula is C26H18N4S2. The topological polar surface area (TPSA) is 49.4 Å². The van der Waals surface area contributed by atoms with Crippen molar-refractivity contribution in [2.45, 2.75) is 13.3 Å². The average molecular weight is 451 g/mol. The van der Waals surface area contributed by atoms with Gasteiger partial charge in [-0.3, -0.25) is 0 Å². The smallest absolute Gasteiger partial charge is 0.135 e. The third-order valence-corrected chi connectivity index (χ3v) is 7.30. The van der Waals surface area contributed by atoms with Gasteiger partial charge in [0.25, 0.3) is 0 Å². The molecule has 154 valence electrons. The Kier molecular flexibility index (Phi) is 4.74. The molecule has 6 rings (SSSR count). The van der Waals surface area contributed by atoms with Crippen LogP contribution in [0.3, 0.4) is 0 Å². The van der Waals surface area contributed by atoms with Crippen LogP contribution in [0.1, 0.15) is 24.5 Å². The molecule has 4 nitrogen and oxygen atoms in total. The van der Waals surface area contributed by atoms with Crippen LogP contribution in [0.4, 0.5) is 0 Å². The van der Waals surface area contributed by atoms with Gasteiger partial charge in [-0.2, -0.15) is 0 Å². The molecule has 4 heterocycles. The Balaban J connectivity index is 1.55. The van der Waals surface area contributed by atoms with Gasteiger partial charge < -0.3 is 0 Å². The van der Waals surface area contributed by atoms with Gasteiger partial charge in [-0.1, -0.05) is 24.3 Å².